The van der Waals surface area contributed by atoms with Crippen LogP contribution >= 0.6 is 11.6 Å². The molecule has 22 heavy (non-hydrogen) atoms. The summed E-state index contributed by atoms with van der Waals surface area (Å²) < 4.78 is 0. The Morgan fingerprint density at radius 2 is 1.91 bits per heavy atom. The van der Waals surface area contributed by atoms with Crippen LogP contribution in [0.25, 0.3) is 22.2 Å². The van der Waals surface area contributed by atoms with Crippen LogP contribution in [0, 0.1) is 0 Å². The number of hydrogen-bond acceptors (Lipinski definition) is 1. The van der Waals surface area contributed by atoms with Crippen LogP contribution in [0.5, 0.6) is 0 Å². The fourth-order valence-corrected chi connectivity index (χ4v) is 2.84. The van der Waals surface area contributed by atoms with E-state index >= 15 is 0 Å². The molecule has 112 valence electrons. The van der Waals surface area contributed by atoms with Crippen molar-refractivity contribution >= 4 is 28.5 Å². The van der Waals surface area contributed by atoms with Crippen LogP contribution in [0.15, 0.2) is 42.5 Å². The van der Waals surface area contributed by atoms with E-state index in [9.17, 15) is 9.90 Å². The number of H-pyrrole nitrogens is 1. The third kappa shape index (κ3) is 2.72. The van der Waals surface area contributed by atoms with Gasteiger partial charge in [-0.05, 0) is 47.4 Å². The van der Waals surface area contributed by atoms with Crippen molar-refractivity contribution in [3.8, 4) is 11.3 Å². The topological polar surface area (TPSA) is 53.1 Å². The average Bonchev–Trinajstić information content (AvgIpc) is 2.85. The van der Waals surface area contributed by atoms with E-state index in [1.165, 1.54) is 5.56 Å². The Kier molecular flexibility index (Phi) is 3.90. The smallest absolute Gasteiger partial charge is 0.307 e. The highest BCUT2D eigenvalue weighted by molar-refractivity contribution is 6.30. The normalized spacial score (nSPS) is 11.0. The minimum absolute atomic E-state index is 0.00880. The zero-order valence-corrected chi connectivity index (χ0v) is 12.9. The van der Waals surface area contributed by atoms with Gasteiger partial charge in [-0.3, -0.25) is 4.79 Å². The number of aliphatic carboxylic acids is 1. The second kappa shape index (κ2) is 5.85. The third-order valence-electron chi connectivity index (χ3n) is 3.84. The number of benzene rings is 2. The van der Waals surface area contributed by atoms with Crippen LogP contribution in [0.1, 0.15) is 18.1 Å². The van der Waals surface area contributed by atoms with E-state index in [0.717, 1.165) is 34.1 Å². The third-order valence-corrected chi connectivity index (χ3v) is 4.09. The Bertz CT molecular complexity index is 834. The van der Waals surface area contributed by atoms with Gasteiger partial charge in [0.05, 0.1) is 12.1 Å². The Labute approximate surface area is 133 Å². The summed E-state index contributed by atoms with van der Waals surface area (Å²) in [6.07, 6.45) is 0.912. The molecule has 0 radical (unpaired) electrons. The molecule has 3 nitrogen and oxygen atoms in total. The maximum Gasteiger partial charge on any atom is 0.307 e. The van der Waals surface area contributed by atoms with Crippen molar-refractivity contribution in [1.29, 1.82) is 0 Å². The first-order valence-corrected chi connectivity index (χ1v) is 7.57. The second-order valence-corrected chi connectivity index (χ2v) is 5.73. The molecule has 1 heterocycles. The molecular weight excluding hydrogens is 298 g/mol. The Morgan fingerprint density at radius 1 is 1.18 bits per heavy atom. The predicted molar refractivity (Wildman–Crippen MR) is 89.5 cm³/mol. The largest absolute Gasteiger partial charge is 0.481 e. The van der Waals surface area contributed by atoms with Gasteiger partial charge in [0.25, 0.3) is 0 Å². The van der Waals surface area contributed by atoms with E-state index in [0.29, 0.717) is 5.02 Å². The number of nitrogens with one attached hydrogen (secondary N) is 1. The van der Waals surface area contributed by atoms with Gasteiger partial charge in [0, 0.05) is 15.9 Å². The number of aromatic amines is 1. The van der Waals surface area contributed by atoms with Crippen molar-refractivity contribution in [2.24, 2.45) is 0 Å². The van der Waals surface area contributed by atoms with Gasteiger partial charge in [-0.15, -0.1) is 0 Å². The van der Waals surface area contributed by atoms with Gasteiger partial charge < -0.3 is 10.1 Å². The fraction of sp³-hybridized carbons (Fsp3) is 0.167. The van der Waals surface area contributed by atoms with Crippen molar-refractivity contribution in [2.45, 2.75) is 19.8 Å². The van der Waals surface area contributed by atoms with E-state index in [1.54, 1.807) is 0 Å². The van der Waals surface area contributed by atoms with E-state index in [4.69, 9.17) is 11.6 Å². The second-order valence-electron chi connectivity index (χ2n) is 5.29. The Hall–Kier alpha value is -2.26. The van der Waals surface area contributed by atoms with Crippen molar-refractivity contribution < 1.29 is 9.90 Å². The summed E-state index contributed by atoms with van der Waals surface area (Å²) >= 11 is 5.94. The summed E-state index contributed by atoms with van der Waals surface area (Å²) in [6.45, 7) is 2.09. The number of carboxylic acid groups (broad SMARTS) is 1. The van der Waals surface area contributed by atoms with Crippen LogP contribution in [0.2, 0.25) is 5.02 Å². The number of fused-ring (bicyclic) bond motifs is 1. The highest BCUT2D eigenvalue weighted by Gasteiger charge is 2.16. The molecule has 1 aromatic heterocycles. The lowest BCUT2D eigenvalue weighted by molar-refractivity contribution is -0.136. The molecule has 0 aliphatic rings. The van der Waals surface area contributed by atoms with Crippen LogP contribution < -0.4 is 0 Å². The van der Waals surface area contributed by atoms with Gasteiger partial charge >= 0.3 is 5.97 Å². The number of aryl methyl sites for hydroxylation is 1. The Morgan fingerprint density at radius 3 is 2.55 bits per heavy atom. The summed E-state index contributed by atoms with van der Waals surface area (Å²) in [4.78, 5) is 14.6. The standard InChI is InChI=1S/C18H16ClNO2/c1-2-11-3-8-16-14(9-11)15(10-17(21)22)18(20-16)12-4-6-13(19)7-5-12/h3-9,20H,2,10H2,1H3,(H,21,22). The zero-order chi connectivity index (χ0) is 15.7. The van der Waals surface area contributed by atoms with E-state index < -0.39 is 5.97 Å². The lowest BCUT2D eigenvalue weighted by Crippen LogP contribution is -2.01. The zero-order valence-electron chi connectivity index (χ0n) is 12.2. The van der Waals surface area contributed by atoms with Gasteiger partial charge in [0.15, 0.2) is 0 Å². The molecule has 0 spiro atoms. The molecule has 2 aromatic carbocycles. The molecule has 0 atom stereocenters. The lowest BCUT2D eigenvalue weighted by atomic mass is 10.0. The SMILES string of the molecule is CCc1ccc2[nH]c(-c3ccc(Cl)cc3)c(CC(=O)O)c2c1. The van der Waals surface area contributed by atoms with Crippen molar-refractivity contribution in [1.82, 2.24) is 4.98 Å². The average molecular weight is 314 g/mol. The molecule has 3 rings (SSSR count). The molecule has 0 saturated heterocycles. The first kappa shape index (κ1) is 14.7. The molecule has 0 saturated carbocycles. The molecule has 0 fully saturated rings. The molecule has 0 aliphatic heterocycles. The maximum absolute atomic E-state index is 11.3. The molecular formula is C18H16ClNO2. The number of rotatable bonds is 4. The molecule has 0 amide bonds. The quantitative estimate of drug-likeness (QED) is 0.735. The minimum atomic E-state index is -0.835. The first-order chi connectivity index (χ1) is 10.6. The van der Waals surface area contributed by atoms with Crippen molar-refractivity contribution in [2.75, 3.05) is 0 Å². The van der Waals surface area contributed by atoms with Crippen LogP contribution in [0.4, 0.5) is 0 Å². The highest BCUT2D eigenvalue weighted by atomic mass is 35.5. The number of carbonyl (C=O) groups is 1. The fourth-order valence-electron chi connectivity index (χ4n) is 2.71. The molecule has 2 N–H and O–H groups in total. The van der Waals surface area contributed by atoms with Gasteiger partial charge in [-0.25, -0.2) is 0 Å². The number of hydrogen-bond donors (Lipinski definition) is 2. The van der Waals surface area contributed by atoms with E-state index in [-0.39, 0.29) is 6.42 Å². The van der Waals surface area contributed by atoms with Gasteiger partial charge in [-0.1, -0.05) is 36.7 Å². The summed E-state index contributed by atoms with van der Waals surface area (Å²) in [5, 5.41) is 10.9. The minimum Gasteiger partial charge on any atom is -0.481 e. The predicted octanol–water partition coefficient (Wildman–Crippen LogP) is 4.68. The van der Waals surface area contributed by atoms with Gasteiger partial charge in [0.1, 0.15) is 0 Å². The van der Waals surface area contributed by atoms with E-state index in [1.807, 2.05) is 30.3 Å². The molecule has 3 aromatic rings. The van der Waals surface area contributed by atoms with Crippen molar-refractivity contribution in [3.63, 3.8) is 0 Å². The van der Waals surface area contributed by atoms with Gasteiger partial charge in [-0.2, -0.15) is 0 Å². The van der Waals surface area contributed by atoms with Crippen LogP contribution in [-0.2, 0) is 17.6 Å². The van der Waals surface area contributed by atoms with Crippen LogP contribution in [0.3, 0.4) is 0 Å². The lowest BCUT2D eigenvalue weighted by Gasteiger charge is -2.03. The first-order valence-electron chi connectivity index (χ1n) is 7.19. The van der Waals surface area contributed by atoms with Gasteiger partial charge in [0.2, 0.25) is 0 Å². The summed E-state index contributed by atoms with van der Waals surface area (Å²) in [5.74, 6) is -0.835. The van der Waals surface area contributed by atoms with Crippen LogP contribution in [-0.4, -0.2) is 16.1 Å². The molecule has 4 heteroatoms. The van der Waals surface area contributed by atoms with Crippen molar-refractivity contribution in [3.05, 3.63) is 58.6 Å². The summed E-state index contributed by atoms with van der Waals surface area (Å²) in [7, 11) is 0. The van der Waals surface area contributed by atoms with E-state index in [2.05, 4.69) is 24.0 Å². The molecule has 0 unspecified atom stereocenters. The Balaban J connectivity index is 2.23. The summed E-state index contributed by atoms with van der Waals surface area (Å²) in [6, 6.07) is 13.6. The highest BCUT2D eigenvalue weighted by Crippen LogP contribution is 2.32. The molecule has 0 bridgehead atoms. The number of carboxylic acids is 1. The maximum atomic E-state index is 11.3. The number of aromatic nitrogens is 1. The molecule has 0 aliphatic carbocycles. The number of halogens is 1. The monoisotopic (exact) mass is 313 g/mol. The summed E-state index contributed by atoms with van der Waals surface area (Å²) in [5.41, 5.74) is 4.76.